The third kappa shape index (κ3) is 5.44. The van der Waals surface area contributed by atoms with Crippen LogP contribution >= 0.6 is 39.9 Å². The molecule has 136 valence electrons. The van der Waals surface area contributed by atoms with Gasteiger partial charge in [-0.25, -0.2) is 4.99 Å². The van der Waals surface area contributed by atoms with Crippen LogP contribution in [0.4, 0.5) is 0 Å². The van der Waals surface area contributed by atoms with Crippen LogP contribution in [0.25, 0.3) is 0 Å². The van der Waals surface area contributed by atoms with Crippen LogP contribution in [0, 0.1) is 0 Å². The smallest absolute Gasteiger partial charge is 0.194 e. The van der Waals surface area contributed by atoms with Crippen molar-refractivity contribution in [3.63, 3.8) is 0 Å². The summed E-state index contributed by atoms with van der Waals surface area (Å²) in [6, 6.07) is 8.32. The molecule has 0 radical (unpaired) electrons. The number of likely N-dealkylation sites (tertiary alicyclic amines) is 1. The van der Waals surface area contributed by atoms with Crippen LogP contribution in [-0.4, -0.2) is 40.3 Å². The fraction of sp³-hybridized carbons (Fsp3) is 0.444. The van der Waals surface area contributed by atoms with Gasteiger partial charge in [-0.3, -0.25) is 4.68 Å². The van der Waals surface area contributed by atoms with Crippen LogP contribution in [0.1, 0.15) is 30.4 Å². The van der Waals surface area contributed by atoms with Gasteiger partial charge in [-0.2, -0.15) is 5.10 Å². The fourth-order valence-corrected chi connectivity index (χ4v) is 3.55. The van der Waals surface area contributed by atoms with Gasteiger partial charge in [-0.1, -0.05) is 28.1 Å². The van der Waals surface area contributed by atoms with E-state index in [0.29, 0.717) is 12.5 Å². The standard InChI is InChI=1S/C18H24BrN5.HI/c1-3-20-18(21-10-14-5-4-6-17(19)9-14)24-8-7-15(13-24)16-11-22-23(2)12-16;/h4-6,9,11-12,15H,3,7-8,10,13H2,1-2H3,(H,20,21);1H. The zero-order chi connectivity index (χ0) is 16.9. The van der Waals surface area contributed by atoms with E-state index < -0.39 is 0 Å². The third-order valence-electron chi connectivity index (χ3n) is 4.32. The van der Waals surface area contributed by atoms with Crippen molar-refractivity contribution in [2.45, 2.75) is 25.8 Å². The first-order valence-corrected chi connectivity index (χ1v) is 9.21. The molecule has 1 fully saturated rings. The Labute approximate surface area is 175 Å². The van der Waals surface area contributed by atoms with E-state index in [2.05, 4.69) is 62.6 Å². The second-order valence-electron chi connectivity index (χ2n) is 6.18. The highest BCUT2D eigenvalue weighted by molar-refractivity contribution is 14.0. The SMILES string of the molecule is CCNC(=NCc1cccc(Br)c1)N1CCC(c2cnn(C)c2)C1.I. The molecule has 1 aliphatic heterocycles. The quantitative estimate of drug-likeness (QED) is 0.381. The molecule has 1 unspecified atom stereocenters. The van der Waals surface area contributed by atoms with Crippen molar-refractivity contribution in [2.24, 2.45) is 12.0 Å². The number of guanidine groups is 1. The molecule has 0 saturated carbocycles. The Morgan fingerprint density at radius 1 is 1.44 bits per heavy atom. The summed E-state index contributed by atoms with van der Waals surface area (Å²) in [6.45, 7) is 5.71. The van der Waals surface area contributed by atoms with Gasteiger partial charge in [0.05, 0.1) is 12.7 Å². The largest absolute Gasteiger partial charge is 0.357 e. The number of hydrogen-bond donors (Lipinski definition) is 1. The van der Waals surface area contributed by atoms with Crippen molar-refractivity contribution in [3.8, 4) is 0 Å². The Balaban J connectivity index is 0.00000225. The van der Waals surface area contributed by atoms with E-state index in [-0.39, 0.29) is 24.0 Å². The van der Waals surface area contributed by atoms with Crippen LogP contribution < -0.4 is 5.32 Å². The number of aliphatic imine (C=N–C) groups is 1. The van der Waals surface area contributed by atoms with Gasteiger partial charge in [0.1, 0.15) is 0 Å². The van der Waals surface area contributed by atoms with E-state index in [1.807, 2.05) is 24.0 Å². The Bertz CT molecular complexity index is 715. The number of hydrogen-bond acceptors (Lipinski definition) is 2. The van der Waals surface area contributed by atoms with E-state index in [0.717, 1.165) is 36.5 Å². The highest BCUT2D eigenvalue weighted by atomic mass is 127. The molecule has 3 rings (SSSR count). The molecule has 2 heterocycles. The second-order valence-corrected chi connectivity index (χ2v) is 7.09. The van der Waals surface area contributed by atoms with Crippen molar-refractivity contribution in [3.05, 3.63) is 52.3 Å². The van der Waals surface area contributed by atoms with Gasteiger partial charge in [0, 0.05) is 43.3 Å². The monoisotopic (exact) mass is 517 g/mol. The maximum Gasteiger partial charge on any atom is 0.194 e. The minimum absolute atomic E-state index is 0. The predicted octanol–water partition coefficient (Wildman–Crippen LogP) is 3.76. The molecular formula is C18H25BrIN5. The number of halogens is 2. The number of benzene rings is 1. The van der Waals surface area contributed by atoms with Gasteiger partial charge in [-0.05, 0) is 36.6 Å². The Kier molecular flexibility index (Phi) is 7.74. The van der Waals surface area contributed by atoms with Gasteiger partial charge >= 0.3 is 0 Å². The molecule has 2 aromatic rings. The van der Waals surface area contributed by atoms with E-state index >= 15 is 0 Å². The van der Waals surface area contributed by atoms with E-state index in [1.165, 1.54) is 11.1 Å². The summed E-state index contributed by atoms with van der Waals surface area (Å²) < 4.78 is 2.97. The lowest BCUT2D eigenvalue weighted by atomic mass is 10.0. The Morgan fingerprint density at radius 3 is 2.96 bits per heavy atom. The molecule has 1 saturated heterocycles. The molecule has 1 atom stereocenters. The average molecular weight is 518 g/mol. The number of rotatable bonds is 4. The molecule has 25 heavy (non-hydrogen) atoms. The minimum Gasteiger partial charge on any atom is -0.357 e. The molecule has 1 aromatic heterocycles. The van der Waals surface area contributed by atoms with Crippen LogP contribution in [0.2, 0.25) is 0 Å². The van der Waals surface area contributed by atoms with Gasteiger partial charge in [0.2, 0.25) is 0 Å². The summed E-state index contributed by atoms with van der Waals surface area (Å²) in [7, 11) is 1.97. The summed E-state index contributed by atoms with van der Waals surface area (Å²) >= 11 is 3.52. The zero-order valence-electron chi connectivity index (χ0n) is 14.7. The Morgan fingerprint density at radius 2 is 2.28 bits per heavy atom. The number of aryl methyl sites for hydroxylation is 1. The first-order chi connectivity index (χ1) is 11.7. The first kappa shape index (κ1) is 20.2. The maximum atomic E-state index is 4.83. The van der Waals surface area contributed by atoms with Gasteiger partial charge in [-0.15, -0.1) is 24.0 Å². The second kappa shape index (κ2) is 9.56. The van der Waals surface area contributed by atoms with Crippen molar-refractivity contribution in [1.29, 1.82) is 0 Å². The van der Waals surface area contributed by atoms with Crippen LogP contribution in [-0.2, 0) is 13.6 Å². The molecule has 5 nitrogen and oxygen atoms in total. The van der Waals surface area contributed by atoms with Crippen molar-refractivity contribution < 1.29 is 0 Å². The number of nitrogens with one attached hydrogen (secondary N) is 1. The first-order valence-electron chi connectivity index (χ1n) is 8.42. The molecule has 7 heteroatoms. The highest BCUT2D eigenvalue weighted by Crippen LogP contribution is 2.26. The van der Waals surface area contributed by atoms with Gasteiger partial charge in [0.25, 0.3) is 0 Å². The molecule has 1 aliphatic rings. The lowest BCUT2D eigenvalue weighted by Gasteiger charge is -2.21. The third-order valence-corrected chi connectivity index (χ3v) is 4.81. The van der Waals surface area contributed by atoms with Crippen LogP contribution in [0.5, 0.6) is 0 Å². The molecular weight excluding hydrogens is 493 g/mol. The van der Waals surface area contributed by atoms with Gasteiger partial charge < -0.3 is 10.2 Å². The molecule has 1 N–H and O–H groups in total. The van der Waals surface area contributed by atoms with Crippen molar-refractivity contribution in [1.82, 2.24) is 20.0 Å². The number of aromatic nitrogens is 2. The van der Waals surface area contributed by atoms with Crippen molar-refractivity contribution >= 4 is 45.9 Å². The molecule has 0 aliphatic carbocycles. The minimum atomic E-state index is 0. The summed E-state index contributed by atoms with van der Waals surface area (Å²) in [5, 5.41) is 7.73. The van der Waals surface area contributed by atoms with E-state index in [9.17, 15) is 0 Å². The summed E-state index contributed by atoms with van der Waals surface area (Å²) in [5.74, 6) is 1.54. The van der Waals surface area contributed by atoms with Crippen LogP contribution in [0.3, 0.4) is 0 Å². The summed E-state index contributed by atoms with van der Waals surface area (Å²) in [6.07, 6.45) is 5.26. The normalized spacial score (nSPS) is 17.5. The van der Waals surface area contributed by atoms with E-state index in [4.69, 9.17) is 4.99 Å². The van der Waals surface area contributed by atoms with Crippen LogP contribution in [0.15, 0.2) is 46.1 Å². The van der Waals surface area contributed by atoms with E-state index in [1.54, 1.807) is 0 Å². The molecule has 1 aromatic carbocycles. The lowest BCUT2D eigenvalue weighted by molar-refractivity contribution is 0.486. The predicted molar refractivity (Wildman–Crippen MR) is 117 cm³/mol. The Hall–Kier alpha value is -1.09. The number of nitrogens with zero attached hydrogens (tertiary/aromatic N) is 4. The fourth-order valence-electron chi connectivity index (χ4n) is 3.10. The molecule has 0 bridgehead atoms. The molecule has 0 spiro atoms. The molecule has 0 amide bonds. The topological polar surface area (TPSA) is 45.5 Å². The highest BCUT2D eigenvalue weighted by Gasteiger charge is 2.26. The zero-order valence-corrected chi connectivity index (χ0v) is 18.6. The maximum absolute atomic E-state index is 4.83. The summed E-state index contributed by atoms with van der Waals surface area (Å²) in [5.41, 5.74) is 2.53. The van der Waals surface area contributed by atoms with Gasteiger partial charge in [0.15, 0.2) is 5.96 Å². The summed E-state index contributed by atoms with van der Waals surface area (Å²) in [4.78, 5) is 7.19. The lowest BCUT2D eigenvalue weighted by Crippen LogP contribution is -2.40. The average Bonchev–Trinajstić information content (AvgIpc) is 3.20. The van der Waals surface area contributed by atoms with Crippen molar-refractivity contribution in [2.75, 3.05) is 19.6 Å².